The van der Waals surface area contributed by atoms with Crippen molar-refractivity contribution in [3.05, 3.63) is 29.8 Å². The smallest absolute Gasteiger partial charge is 0.119 e. The van der Waals surface area contributed by atoms with Gasteiger partial charge in [-0.2, -0.15) is 0 Å². The SMILES string of the molecule is CN(C)c1ccc(C[C@H]2COC3(CCCC3)N2)cc1. The van der Waals surface area contributed by atoms with Crippen molar-refractivity contribution in [1.82, 2.24) is 5.32 Å². The number of nitrogens with one attached hydrogen (secondary N) is 1. The molecule has 1 aliphatic heterocycles. The Morgan fingerprint density at radius 2 is 1.89 bits per heavy atom. The number of hydrogen-bond acceptors (Lipinski definition) is 3. The van der Waals surface area contributed by atoms with Crippen molar-refractivity contribution in [2.45, 2.75) is 43.9 Å². The molecule has 1 saturated heterocycles. The van der Waals surface area contributed by atoms with Gasteiger partial charge in [-0.15, -0.1) is 0 Å². The average Bonchev–Trinajstić information content (AvgIpc) is 3.01. The fourth-order valence-electron chi connectivity index (χ4n) is 3.27. The topological polar surface area (TPSA) is 24.5 Å². The Hall–Kier alpha value is -1.06. The molecule has 104 valence electrons. The van der Waals surface area contributed by atoms with E-state index in [1.54, 1.807) is 0 Å². The molecule has 3 rings (SSSR count). The normalized spacial score (nSPS) is 25.1. The van der Waals surface area contributed by atoms with Gasteiger partial charge in [-0.25, -0.2) is 0 Å². The highest BCUT2D eigenvalue weighted by molar-refractivity contribution is 5.46. The zero-order valence-electron chi connectivity index (χ0n) is 12.0. The lowest BCUT2D eigenvalue weighted by Crippen LogP contribution is -2.42. The van der Waals surface area contributed by atoms with E-state index in [2.05, 4.69) is 48.6 Å². The molecule has 0 aromatic heterocycles. The highest BCUT2D eigenvalue weighted by atomic mass is 16.5. The van der Waals surface area contributed by atoms with Crippen LogP contribution in [-0.4, -0.2) is 32.5 Å². The first-order valence-electron chi connectivity index (χ1n) is 7.35. The standard InChI is InChI=1S/C16H24N2O/c1-18(2)15-7-5-13(6-8-15)11-14-12-19-16(17-14)9-3-4-10-16/h5-8,14,17H,3-4,9-12H2,1-2H3/t14-/m0/s1. The summed E-state index contributed by atoms with van der Waals surface area (Å²) in [6, 6.07) is 9.32. The molecule has 1 aromatic rings. The molecule has 2 aliphatic rings. The average molecular weight is 260 g/mol. The van der Waals surface area contributed by atoms with Gasteiger partial charge >= 0.3 is 0 Å². The minimum absolute atomic E-state index is 0.0221. The first-order valence-corrected chi connectivity index (χ1v) is 7.35. The van der Waals surface area contributed by atoms with E-state index < -0.39 is 0 Å². The maximum Gasteiger partial charge on any atom is 0.119 e. The lowest BCUT2D eigenvalue weighted by molar-refractivity contribution is -0.00358. The first kappa shape index (κ1) is 12.9. The number of rotatable bonds is 3. The second kappa shape index (κ2) is 5.14. The van der Waals surface area contributed by atoms with Crippen molar-refractivity contribution in [3.8, 4) is 0 Å². The van der Waals surface area contributed by atoms with Gasteiger partial charge in [-0.05, 0) is 49.8 Å². The molecule has 1 saturated carbocycles. The Morgan fingerprint density at radius 3 is 2.53 bits per heavy atom. The van der Waals surface area contributed by atoms with Crippen LogP contribution < -0.4 is 10.2 Å². The molecule has 1 heterocycles. The monoisotopic (exact) mass is 260 g/mol. The number of benzene rings is 1. The van der Waals surface area contributed by atoms with Crippen LogP contribution in [0.2, 0.25) is 0 Å². The summed E-state index contributed by atoms with van der Waals surface area (Å²) in [4.78, 5) is 2.13. The molecular formula is C16H24N2O. The van der Waals surface area contributed by atoms with Gasteiger partial charge in [-0.3, -0.25) is 5.32 Å². The van der Waals surface area contributed by atoms with Gasteiger partial charge in [0.2, 0.25) is 0 Å². The van der Waals surface area contributed by atoms with Gasteiger partial charge in [0.1, 0.15) is 5.72 Å². The quantitative estimate of drug-likeness (QED) is 0.904. The van der Waals surface area contributed by atoms with Crippen LogP contribution in [0.15, 0.2) is 24.3 Å². The summed E-state index contributed by atoms with van der Waals surface area (Å²) in [7, 11) is 4.15. The largest absolute Gasteiger partial charge is 0.378 e. The zero-order chi connectivity index (χ0) is 13.3. The maximum atomic E-state index is 6.03. The van der Waals surface area contributed by atoms with E-state index >= 15 is 0 Å². The summed E-state index contributed by atoms with van der Waals surface area (Å²) in [5.74, 6) is 0. The second-order valence-electron chi connectivity index (χ2n) is 6.12. The molecule has 3 heteroatoms. The molecule has 1 aromatic carbocycles. The van der Waals surface area contributed by atoms with E-state index in [1.165, 1.54) is 36.9 Å². The van der Waals surface area contributed by atoms with Crippen LogP contribution in [0.3, 0.4) is 0 Å². The molecule has 2 fully saturated rings. The fourth-order valence-corrected chi connectivity index (χ4v) is 3.27. The van der Waals surface area contributed by atoms with Gasteiger partial charge in [0, 0.05) is 25.8 Å². The summed E-state index contributed by atoms with van der Waals surface area (Å²) in [5.41, 5.74) is 2.67. The summed E-state index contributed by atoms with van der Waals surface area (Å²) in [5, 5.41) is 3.72. The highest BCUT2D eigenvalue weighted by Gasteiger charge is 2.41. The molecule has 3 nitrogen and oxygen atoms in total. The molecule has 0 amide bonds. The molecule has 1 atom stereocenters. The third-order valence-corrected chi connectivity index (χ3v) is 4.37. The number of nitrogens with zero attached hydrogens (tertiary/aromatic N) is 1. The van der Waals surface area contributed by atoms with Crippen molar-refractivity contribution >= 4 is 5.69 Å². The maximum absolute atomic E-state index is 6.03. The molecule has 19 heavy (non-hydrogen) atoms. The van der Waals surface area contributed by atoms with E-state index in [1.807, 2.05) is 0 Å². The molecular weight excluding hydrogens is 236 g/mol. The van der Waals surface area contributed by atoms with E-state index in [0.29, 0.717) is 6.04 Å². The Bertz CT molecular complexity index is 421. The van der Waals surface area contributed by atoms with Crippen LogP contribution in [0.25, 0.3) is 0 Å². The summed E-state index contributed by atoms with van der Waals surface area (Å²) in [6.07, 6.45) is 6.04. The van der Waals surface area contributed by atoms with Crippen LogP contribution in [0.1, 0.15) is 31.2 Å². The van der Waals surface area contributed by atoms with Crippen LogP contribution >= 0.6 is 0 Å². The van der Waals surface area contributed by atoms with Crippen molar-refractivity contribution in [2.24, 2.45) is 0 Å². The third-order valence-electron chi connectivity index (χ3n) is 4.37. The molecule has 1 spiro atoms. The molecule has 0 unspecified atom stereocenters. The molecule has 0 radical (unpaired) electrons. The first-order chi connectivity index (χ1) is 9.17. The van der Waals surface area contributed by atoms with E-state index in [0.717, 1.165) is 13.0 Å². The number of hydrogen-bond donors (Lipinski definition) is 1. The van der Waals surface area contributed by atoms with Crippen LogP contribution in [0, 0.1) is 0 Å². The highest BCUT2D eigenvalue weighted by Crippen LogP contribution is 2.34. The Kier molecular flexibility index (Phi) is 3.50. The Labute approximate surface area is 115 Å². The van der Waals surface area contributed by atoms with Gasteiger partial charge in [0.05, 0.1) is 6.61 Å². The van der Waals surface area contributed by atoms with Gasteiger partial charge in [0.25, 0.3) is 0 Å². The van der Waals surface area contributed by atoms with Gasteiger partial charge in [0.15, 0.2) is 0 Å². The van der Waals surface area contributed by atoms with Gasteiger partial charge in [-0.1, -0.05) is 12.1 Å². The van der Waals surface area contributed by atoms with E-state index in [-0.39, 0.29) is 5.72 Å². The van der Waals surface area contributed by atoms with Crippen molar-refractivity contribution in [1.29, 1.82) is 0 Å². The predicted molar refractivity (Wildman–Crippen MR) is 78.5 cm³/mol. The van der Waals surface area contributed by atoms with Crippen molar-refractivity contribution in [3.63, 3.8) is 0 Å². The van der Waals surface area contributed by atoms with E-state index in [4.69, 9.17) is 4.74 Å². The molecule has 1 N–H and O–H groups in total. The lowest BCUT2D eigenvalue weighted by atomic mass is 10.1. The van der Waals surface area contributed by atoms with Crippen LogP contribution in [0.5, 0.6) is 0 Å². The van der Waals surface area contributed by atoms with Gasteiger partial charge < -0.3 is 9.64 Å². The minimum Gasteiger partial charge on any atom is -0.378 e. The van der Waals surface area contributed by atoms with Crippen molar-refractivity contribution < 1.29 is 4.74 Å². The fraction of sp³-hybridized carbons (Fsp3) is 0.625. The Balaban J connectivity index is 1.60. The molecule has 1 aliphatic carbocycles. The minimum atomic E-state index is 0.0221. The van der Waals surface area contributed by atoms with Crippen LogP contribution in [0.4, 0.5) is 5.69 Å². The Morgan fingerprint density at radius 1 is 1.21 bits per heavy atom. The third kappa shape index (κ3) is 2.77. The number of ether oxygens (including phenoxy) is 1. The summed E-state index contributed by atoms with van der Waals surface area (Å²) < 4.78 is 6.03. The van der Waals surface area contributed by atoms with Crippen LogP contribution in [-0.2, 0) is 11.2 Å². The predicted octanol–water partition coefficient (Wildman–Crippen LogP) is 2.55. The number of anilines is 1. The second-order valence-corrected chi connectivity index (χ2v) is 6.12. The summed E-state index contributed by atoms with van der Waals surface area (Å²) >= 11 is 0. The van der Waals surface area contributed by atoms with Crippen molar-refractivity contribution in [2.75, 3.05) is 25.6 Å². The summed E-state index contributed by atoms with van der Waals surface area (Å²) in [6.45, 7) is 0.857. The zero-order valence-corrected chi connectivity index (χ0v) is 12.0. The molecule has 0 bridgehead atoms. The van der Waals surface area contributed by atoms with E-state index in [9.17, 15) is 0 Å². The lowest BCUT2D eigenvalue weighted by Gasteiger charge is -2.23.